The first kappa shape index (κ1) is 26.2. The Bertz CT molecular complexity index is 1300. The number of methoxy groups -OCH3 is 1. The number of fused-ring (bicyclic) bond motifs is 1. The Morgan fingerprint density at radius 2 is 1.91 bits per heavy atom. The lowest BCUT2D eigenvalue weighted by Crippen LogP contribution is -2.24. The van der Waals surface area contributed by atoms with E-state index in [0.29, 0.717) is 6.07 Å². The molecule has 34 heavy (non-hydrogen) atoms. The SMILES string of the molecule is COCCO[C@H](CO)CSc1c(-c2ccc(F)c(Cl)c2)c(C(F)(F)F)cc2c(=O)[nH]c(=O)[nH]c12. The first-order valence-electron chi connectivity index (χ1n) is 9.77. The third kappa shape index (κ3) is 5.81. The Hall–Kier alpha value is -2.38. The van der Waals surface area contributed by atoms with Crippen LogP contribution in [0.3, 0.4) is 0 Å². The normalized spacial score (nSPS) is 12.9. The molecular formula is C21H19ClF4N2O5S. The van der Waals surface area contributed by atoms with Crippen LogP contribution in [0, 0.1) is 5.82 Å². The minimum atomic E-state index is -4.91. The van der Waals surface area contributed by atoms with E-state index < -0.39 is 57.5 Å². The number of H-pyrrole nitrogens is 2. The van der Waals surface area contributed by atoms with Gasteiger partial charge >= 0.3 is 11.9 Å². The minimum Gasteiger partial charge on any atom is -0.394 e. The van der Waals surface area contributed by atoms with Crippen molar-refractivity contribution in [1.82, 2.24) is 9.97 Å². The molecule has 184 valence electrons. The van der Waals surface area contributed by atoms with Gasteiger partial charge < -0.3 is 19.6 Å². The van der Waals surface area contributed by atoms with Crippen molar-refractivity contribution in [2.75, 3.05) is 32.7 Å². The van der Waals surface area contributed by atoms with Crippen LogP contribution in [0.5, 0.6) is 0 Å². The summed E-state index contributed by atoms with van der Waals surface area (Å²) in [5, 5.41) is 8.81. The second-order valence-corrected chi connectivity index (χ2v) is 8.50. The maximum atomic E-state index is 14.1. The van der Waals surface area contributed by atoms with Crippen LogP contribution in [-0.2, 0) is 15.7 Å². The van der Waals surface area contributed by atoms with Crippen LogP contribution >= 0.6 is 23.4 Å². The number of thioether (sulfide) groups is 1. The summed E-state index contributed by atoms with van der Waals surface area (Å²) in [7, 11) is 1.45. The third-order valence-corrected chi connectivity index (χ3v) is 6.29. The van der Waals surface area contributed by atoms with Crippen molar-refractivity contribution in [3.05, 3.63) is 61.5 Å². The fraction of sp³-hybridized carbons (Fsp3) is 0.333. The van der Waals surface area contributed by atoms with Crippen molar-refractivity contribution in [3.63, 3.8) is 0 Å². The van der Waals surface area contributed by atoms with E-state index in [4.69, 9.17) is 21.1 Å². The number of aromatic nitrogens is 2. The molecule has 0 aliphatic rings. The van der Waals surface area contributed by atoms with Gasteiger partial charge in [0.1, 0.15) is 5.82 Å². The molecule has 2 aromatic carbocycles. The van der Waals surface area contributed by atoms with Gasteiger partial charge in [-0.1, -0.05) is 17.7 Å². The first-order valence-corrected chi connectivity index (χ1v) is 11.1. The summed E-state index contributed by atoms with van der Waals surface area (Å²) in [6, 6.07) is 3.69. The smallest absolute Gasteiger partial charge is 0.394 e. The molecule has 0 amide bonds. The molecule has 0 spiro atoms. The molecule has 7 nitrogen and oxygen atoms in total. The number of aliphatic hydroxyl groups excluding tert-OH is 1. The number of alkyl halides is 3. The molecule has 0 aliphatic carbocycles. The summed E-state index contributed by atoms with van der Waals surface area (Å²) in [6.45, 7) is -0.0827. The lowest BCUT2D eigenvalue weighted by atomic mass is 9.97. The molecule has 1 heterocycles. The van der Waals surface area contributed by atoms with Gasteiger partial charge in [0, 0.05) is 23.3 Å². The highest BCUT2D eigenvalue weighted by Crippen LogP contribution is 2.45. The number of hydrogen-bond donors (Lipinski definition) is 3. The van der Waals surface area contributed by atoms with E-state index in [1.165, 1.54) is 7.11 Å². The van der Waals surface area contributed by atoms with Crippen molar-refractivity contribution in [1.29, 1.82) is 0 Å². The maximum absolute atomic E-state index is 14.1. The van der Waals surface area contributed by atoms with E-state index >= 15 is 0 Å². The average Bonchev–Trinajstić information content (AvgIpc) is 2.77. The van der Waals surface area contributed by atoms with E-state index in [9.17, 15) is 32.3 Å². The Balaban J connectivity index is 2.28. The fourth-order valence-electron chi connectivity index (χ4n) is 3.21. The van der Waals surface area contributed by atoms with Gasteiger partial charge in [0.15, 0.2) is 0 Å². The molecule has 13 heteroatoms. The molecule has 0 saturated carbocycles. The van der Waals surface area contributed by atoms with Crippen molar-refractivity contribution < 1.29 is 32.1 Å². The minimum absolute atomic E-state index is 0.0343. The van der Waals surface area contributed by atoms with E-state index in [1.807, 2.05) is 4.98 Å². The van der Waals surface area contributed by atoms with Crippen LogP contribution < -0.4 is 11.2 Å². The van der Waals surface area contributed by atoms with E-state index in [2.05, 4.69) is 4.98 Å². The largest absolute Gasteiger partial charge is 0.417 e. The topological polar surface area (TPSA) is 104 Å². The zero-order chi connectivity index (χ0) is 25.0. The number of aliphatic hydroxyl groups is 1. The van der Waals surface area contributed by atoms with Crippen LogP contribution in [0.15, 0.2) is 38.8 Å². The molecule has 3 aromatic rings. The molecule has 0 unspecified atom stereocenters. The second kappa shape index (κ2) is 10.9. The van der Waals surface area contributed by atoms with Gasteiger partial charge in [-0.2, -0.15) is 13.2 Å². The number of nitrogens with one attached hydrogen (secondary N) is 2. The number of halogens is 5. The van der Waals surface area contributed by atoms with E-state index in [1.54, 1.807) is 0 Å². The van der Waals surface area contributed by atoms with Crippen molar-refractivity contribution >= 4 is 34.3 Å². The van der Waals surface area contributed by atoms with Gasteiger partial charge in [0.2, 0.25) is 0 Å². The predicted octanol–water partition coefficient (Wildman–Crippen LogP) is 3.81. The lowest BCUT2D eigenvalue weighted by Gasteiger charge is -2.21. The molecule has 3 rings (SSSR count). The highest BCUT2D eigenvalue weighted by Gasteiger charge is 2.37. The van der Waals surface area contributed by atoms with Crippen molar-refractivity contribution in [2.24, 2.45) is 0 Å². The predicted molar refractivity (Wildman–Crippen MR) is 120 cm³/mol. The Morgan fingerprint density at radius 1 is 1.18 bits per heavy atom. The summed E-state index contributed by atoms with van der Waals surface area (Å²) in [6.07, 6.45) is -5.70. The molecule has 3 N–H and O–H groups in total. The zero-order valence-electron chi connectivity index (χ0n) is 17.6. The summed E-state index contributed by atoms with van der Waals surface area (Å²) < 4.78 is 66.5. The van der Waals surface area contributed by atoms with Gasteiger partial charge in [-0.05, 0) is 23.8 Å². The number of benzene rings is 2. The van der Waals surface area contributed by atoms with Gasteiger partial charge in [-0.15, -0.1) is 11.8 Å². The van der Waals surface area contributed by atoms with Gasteiger partial charge in [0.25, 0.3) is 5.56 Å². The second-order valence-electron chi connectivity index (χ2n) is 7.06. The highest BCUT2D eigenvalue weighted by atomic mass is 35.5. The third-order valence-electron chi connectivity index (χ3n) is 4.76. The number of hydrogen-bond acceptors (Lipinski definition) is 6. The molecule has 0 saturated heterocycles. The number of rotatable bonds is 9. The Morgan fingerprint density at radius 3 is 2.53 bits per heavy atom. The van der Waals surface area contributed by atoms with Crippen LogP contribution in [0.1, 0.15) is 5.56 Å². The summed E-state index contributed by atoms with van der Waals surface area (Å²) in [5.41, 5.74) is -3.73. The summed E-state index contributed by atoms with van der Waals surface area (Å²) in [4.78, 5) is 28.5. The molecule has 0 aliphatic heterocycles. The Labute approximate surface area is 199 Å². The van der Waals surface area contributed by atoms with Gasteiger partial charge in [-0.3, -0.25) is 9.78 Å². The van der Waals surface area contributed by atoms with Crippen LogP contribution in [-0.4, -0.2) is 53.9 Å². The van der Waals surface area contributed by atoms with Gasteiger partial charge in [0.05, 0.1) is 47.4 Å². The van der Waals surface area contributed by atoms with Gasteiger partial charge in [-0.25, -0.2) is 9.18 Å². The average molecular weight is 523 g/mol. The maximum Gasteiger partial charge on any atom is 0.417 e. The standard InChI is InChI=1S/C21H19ClF4N2O5S/c1-32-4-5-33-11(8-29)9-34-18-16(10-2-3-15(23)14(22)6-10)13(21(24,25)26)7-12-17(18)27-20(31)28-19(12)30/h2-3,6-7,11,29H,4-5,8-9H2,1H3,(H2,27,28,30,31)/t11-/m1/s1. The highest BCUT2D eigenvalue weighted by molar-refractivity contribution is 7.99. The molecule has 1 aromatic heterocycles. The van der Waals surface area contributed by atoms with Crippen molar-refractivity contribution in [2.45, 2.75) is 17.2 Å². The van der Waals surface area contributed by atoms with E-state index in [0.717, 1.165) is 30.0 Å². The van der Waals surface area contributed by atoms with Crippen LogP contribution in [0.2, 0.25) is 5.02 Å². The quantitative estimate of drug-likeness (QED) is 0.224. The molecule has 0 fully saturated rings. The van der Waals surface area contributed by atoms with Crippen LogP contribution in [0.25, 0.3) is 22.0 Å². The molecule has 0 radical (unpaired) electrons. The molecule has 0 bridgehead atoms. The Kier molecular flexibility index (Phi) is 8.42. The van der Waals surface area contributed by atoms with E-state index in [-0.39, 0.29) is 34.9 Å². The van der Waals surface area contributed by atoms with Crippen LogP contribution in [0.4, 0.5) is 17.6 Å². The summed E-state index contributed by atoms with van der Waals surface area (Å²) >= 11 is 6.67. The summed E-state index contributed by atoms with van der Waals surface area (Å²) in [5.74, 6) is -0.862. The van der Waals surface area contributed by atoms with Crippen molar-refractivity contribution in [3.8, 4) is 11.1 Å². The number of aromatic amines is 2. The lowest BCUT2D eigenvalue weighted by molar-refractivity contribution is -0.137. The first-order chi connectivity index (χ1) is 16.1. The molecular weight excluding hydrogens is 504 g/mol. The zero-order valence-corrected chi connectivity index (χ0v) is 19.2. The fourth-order valence-corrected chi connectivity index (χ4v) is 4.62. The number of ether oxygens (including phenoxy) is 2. The monoisotopic (exact) mass is 522 g/mol. The molecule has 1 atom stereocenters.